The molecule has 3 rings (SSSR count). The minimum Gasteiger partial charge on any atom is -0.348 e. The summed E-state index contributed by atoms with van der Waals surface area (Å²) in [4.78, 5) is 20.7. The first-order chi connectivity index (χ1) is 11.7. The number of amides is 1. The van der Waals surface area contributed by atoms with Crippen molar-refractivity contribution in [1.29, 1.82) is 0 Å². The van der Waals surface area contributed by atoms with E-state index >= 15 is 0 Å². The van der Waals surface area contributed by atoms with Crippen LogP contribution in [0.1, 0.15) is 47.4 Å². The quantitative estimate of drug-likeness (QED) is 0.907. The fraction of sp³-hybridized carbons (Fsp3) is 0.316. The van der Waals surface area contributed by atoms with E-state index in [-0.39, 0.29) is 18.0 Å². The highest BCUT2D eigenvalue weighted by Crippen LogP contribution is 2.17. The molecule has 0 bridgehead atoms. The Bertz CT molecular complexity index is 689. The number of aromatic nitrogens is 2. The van der Waals surface area contributed by atoms with Crippen LogP contribution in [-0.2, 0) is 0 Å². The highest BCUT2D eigenvalue weighted by Gasteiger charge is 2.21. The molecule has 1 heterocycles. The first-order valence-corrected chi connectivity index (χ1v) is 8.32. The Kier molecular flexibility index (Phi) is 5.33. The summed E-state index contributed by atoms with van der Waals surface area (Å²) in [6.07, 6.45) is 10.8. The lowest BCUT2D eigenvalue weighted by Gasteiger charge is -2.26. The average molecular weight is 322 g/mol. The van der Waals surface area contributed by atoms with Gasteiger partial charge in [-0.1, -0.05) is 36.4 Å². The topological polar surface area (TPSA) is 80.9 Å². The molecule has 24 heavy (non-hydrogen) atoms. The van der Waals surface area contributed by atoms with Crippen LogP contribution in [0.15, 0.2) is 42.7 Å². The van der Waals surface area contributed by atoms with Crippen LogP contribution in [0, 0.1) is 0 Å². The van der Waals surface area contributed by atoms with E-state index in [4.69, 9.17) is 5.73 Å². The van der Waals surface area contributed by atoms with Crippen LogP contribution < -0.4 is 11.1 Å². The van der Waals surface area contributed by atoms with E-state index in [0.29, 0.717) is 5.69 Å². The third kappa shape index (κ3) is 4.49. The van der Waals surface area contributed by atoms with Crippen LogP contribution in [0.5, 0.6) is 0 Å². The van der Waals surface area contributed by atoms with Gasteiger partial charge in [0.2, 0.25) is 0 Å². The summed E-state index contributed by atoms with van der Waals surface area (Å²) in [5, 5.41) is 3.02. The molecule has 1 aliphatic carbocycles. The number of nitrogens with zero attached hydrogens (tertiary/aromatic N) is 2. The van der Waals surface area contributed by atoms with Crippen molar-refractivity contribution in [2.45, 2.75) is 37.8 Å². The SMILES string of the molecule is NC1CCC(NC(=O)c2cnc(/C=C/c3ccccc3)cn2)CC1. The van der Waals surface area contributed by atoms with E-state index in [1.54, 1.807) is 6.20 Å². The molecule has 0 radical (unpaired) electrons. The van der Waals surface area contributed by atoms with Gasteiger partial charge in [-0.15, -0.1) is 0 Å². The van der Waals surface area contributed by atoms with Crippen molar-refractivity contribution in [1.82, 2.24) is 15.3 Å². The Hall–Kier alpha value is -2.53. The predicted molar refractivity (Wildman–Crippen MR) is 95.1 cm³/mol. The Morgan fingerprint density at radius 2 is 1.79 bits per heavy atom. The number of carbonyl (C=O) groups is 1. The summed E-state index contributed by atoms with van der Waals surface area (Å²) in [5.41, 5.74) is 8.05. The minimum atomic E-state index is -0.165. The summed E-state index contributed by atoms with van der Waals surface area (Å²) in [6.45, 7) is 0. The number of nitrogens with one attached hydrogen (secondary N) is 1. The molecule has 0 atom stereocenters. The predicted octanol–water partition coefficient (Wildman–Crippen LogP) is 2.65. The van der Waals surface area contributed by atoms with Gasteiger partial charge in [0.25, 0.3) is 5.91 Å². The van der Waals surface area contributed by atoms with Gasteiger partial charge in [0.05, 0.1) is 18.1 Å². The standard InChI is InChI=1S/C19H22N4O/c20-15-7-10-16(11-8-15)23-19(24)18-13-21-17(12-22-18)9-6-14-4-2-1-3-5-14/h1-6,9,12-13,15-16H,7-8,10-11,20H2,(H,23,24)/b9-6+. The van der Waals surface area contributed by atoms with Gasteiger partial charge in [-0.3, -0.25) is 9.78 Å². The van der Waals surface area contributed by atoms with Crippen molar-refractivity contribution < 1.29 is 4.79 Å². The largest absolute Gasteiger partial charge is 0.348 e. The maximum atomic E-state index is 12.2. The fourth-order valence-electron chi connectivity index (χ4n) is 2.81. The van der Waals surface area contributed by atoms with Crippen LogP contribution in [0.3, 0.4) is 0 Å². The number of carbonyl (C=O) groups excluding carboxylic acids is 1. The van der Waals surface area contributed by atoms with Crippen LogP contribution in [0.25, 0.3) is 12.2 Å². The molecule has 1 aromatic carbocycles. The minimum absolute atomic E-state index is 0.165. The van der Waals surface area contributed by atoms with Crippen molar-refractivity contribution in [3.63, 3.8) is 0 Å². The third-order valence-corrected chi connectivity index (χ3v) is 4.26. The van der Waals surface area contributed by atoms with Crippen LogP contribution in [0.2, 0.25) is 0 Å². The summed E-state index contributed by atoms with van der Waals surface area (Å²) in [5.74, 6) is -0.165. The summed E-state index contributed by atoms with van der Waals surface area (Å²) in [7, 11) is 0. The first kappa shape index (κ1) is 16.3. The second-order valence-electron chi connectivity index (χ2n) is 6.16. The lowest BCUT2D eigenvalue weighted by atomic mass is 9.92. The Morgan fingerprint density at radius 3 is 2.46 bits per heavy atom. The Labute approximate surface area is 142 Å². The van der Waals surface area contributed by atoms with E-state index < -0.39 is 0 Å². The van der Waals surface area contributed by atoms with Crippen molar-refractivity contribution in [3.05, 3.63) is 59.7 Å². The molecule has 0 aliphatic heterocycles. The molecular weight excluding hydrogens is 300 g/mol. The van der Waals surface area contributed by atoms with Gasteiger partial charge in [-0.25, -0.2) is 4.98 Å². The van der Waals surface area contributed by atoms with E-state index in [0.717, 1.165) is 36.9 Å². The summed E-state index contributed by atoms with van der Waals surface area (Å²) < 4.78 is 0. The molecule has 0 unspecified atom stereocenters. The molecule has 0 spiro atoms. The maximum Gasteiger partial charge on any atom is 0.271 e. The van der Waals surface area contributed by atoms with Gasteiger partial charge in [0, 0.05) is 12.1 Å². The van der Waals surface area contributed by atoms with Crippen LogP contribution in [0.4, 0.5) is 0 Å². The van der Waals surface area contributed by atoms with Crippen LogP contribution in [-0.4, -0.2) is 28.0 Å². The molecule has 5 heteroatoms. The molecular formula is C19H22N4O. The Morgan fingerprint density at radius 1 is 1.04 bits per heavy atom. The second kappa shape index (κ2) is 7.84. The van der Waals surface area contributed by atoms with Crippen LogP contribution >= 0.6 is 0 Å². The number of hydrogen-bond donors (Lipinski definition) is 2. The maximum absolute atomic E-state index is 12.2. The smallest absolute Gasteiger partial charge is 0.271 e. The van der Waals surface area contributed by atoms with Crippen molar-refractivity contribution in [2.75, 3.05) is 0 Å². The average Bonchev–Trinajstić information content (AvgIpc) is 2.63. The number of hydrogen-bond acceptors (Lipinski definition) is 4. The van der Waals surface area contributed by atoms with Gasteiger partial charge in [-0.2, -0.15) is 0 Å². The fourth-order valence-corrected chi connectivity index (χ4v) is 2.81. The highest BCUT2D eigenvalue weighted by molar-refractivity contribution is 5.92. The van der Waals surface area contributed by atoms with E-state index in [9.17, 15) is 4.79 Å². The molecule has 5 nitrogen and oxygen atoms in total. The molecule has 1 aliphatic rings. The van der Waals surface area contributed by atoms with Crippen molar-refractivity contribution >= 4 is 18.1 Å². The zero-order valence-corrected chi connectivity index (χ0v) is 13.6. The number of benzene rings is 1. The normalized spacial score (nSPS) is 20.9. The van der Waals surface area contributed by atoms with Gasteiger partial charge in [-0.05, 0) is 37.3 Å². The van der Waals surface area contributed by atoms with Crippen molar-refractivity contribution in [2.24, 2.45) is 5.73 Å². The van der Waals surface area contributed by atoms with Gasteiger partial charge in [0.15, 0.2) is 0 Å². The van der Waals surface area contributed by atoms with E-state index in [2.05, 4.69) is 15.3 Å². The molecule has 1 amide bonds. The van der Waals surface area contributed by atoms with Gasteiger partial charge in [0.1, 0.15) is 5.69 Å². The zero-order valence-electron chi connectivity index (χ0n) is 13.6. The lowest BCUT2D eigenvalue weighted by Crippen LogP contribution is -2.40. The molecule has 0 saturated heterocycles. The second-order valence-corrected chi connectivity index (χ2v) is 6.16. The zero-order chi connectivity index (χ0) is 16.8. The number of nitrogens with two attached hydrogens (primary N) is 1. The summed E-state index contributed by atoms with van der Waals surface area (Å²) in [6, 6.07) is 10.4. The van der Waals surface area contributed by atoms with E-state index in [1.165, 1.54) is 6.20 Å². The first-order valence-electron chi connectivity index (χ1n) is 8.32. The molecule has 1 fully saturated rings. The molecule has 1 aromatic heterocycles. The molecule has 124 valence electrons. The highest BCUT2D eigenvalue weighted by atomic mass is 16.1. The van der Waals surface area contributed by atoms with Gasteiger partial charge >= 0.3 is 0 Å². The summed E-state index contributed by atoms with van der Waals surface area (Å²) >= 11 is 0. The van der Waals surface area contributed by atoms with Crippen molar-refractivity contribution in [3.8, 4) is 0 Å². The van der Waals surface area contributed by atoms with Gasteiger partial charge < -0.3 is 11.1 Å². The lowest BCUT2D eigenvalue weighted by molar-refractivity contribution is 0.0920. The number of rotatable bonds is 4. The van der Waals surface area contributed by atoms with E-state index in [1.807, 2.05) is 42.5 Å². The molecule has 2 aromatic rings. The monoisotopic (exact) mass is 322 g/mol. The third-order valence-electron chi connectivity index (χ3n) is 4.26. The molecule has 1 saturated carbocycles. The Balaban J connectivity index is 1.57. The molecule has 3 N–H and O–H groups in total.